The van der Waals surface area contributed by atoms with E-state index in [2.05, 4.69) is 150 Å². The van der Waals surface area contributed by atoms with Crippen LogP contribution >= 0.6 is 12.6 Å². The van der Waals surface area contributed by atoms with Crippen molar-refractivity contribution in [3.05, 3.63) is 149 Å². The molecule has 0 radical (unpaired) electrons. The fourth-order valence-corrected chi connectivity index (χ4v) is 12.3. The summed E-state index contributed by atoms with van der Waals surface area (Å²) in [6.07, 6.45) is 7.85. The topological polar surface area (TPSA) is 0 Å². The molecule has 53 heavy (non-hydrogen) atoms. The Morgan fingerprint density at radius 2 is 1.42 bits per heavy atom. The maximum Gasteiger partial charge on any atom is 0.0605 e. The summed E-state index contributed by atoms with van der Waals surface area (Å²) >= 11 is 5.67. The Balaban J connectivity index is 1.51. The second-order valence-electron chi connectivity index (χ2n) is 17.5. The molecule has 7 unspecified atom stereocenters. The number of thiol groups is 1. The lowest BCUT2D eigenvalue weighted by Crippen LogP contribution is -2.43. The van der Waals surface area contributed by atoms with E-state index in [4.69, 9.17) is 12.6 Å². The second kappa shape index (κ2) is 12.9. The second-order valence-corrected chi connectivity index (χ2v) is 18.0. The number of allylic oxidation sites excluding steroid dienone is 16. The number of rotatable bonds is 4. The minimum absolute atomic E-state index is 0.0324. The van der Waals surface area contributed by atoms with Crippen molar-refractivity contribution >= 4 is 23.8 Å². The molecule has 1 saturated carbocycles. The number of fused-ring (bicyclic) bond motifs is 10. The highest BCUT2D eigenvalue weighted by Crippen LogP contribution is 2.73. The largest absolute Gasteiger partial charge is 0.147 e. The minimum Gasteiger partial charge on any atom is -0.147 e. The van der Waals surface area contributed by atoms with Crippen molar-refractivity contribution < 1.29 is 0 Å². The fraction of sp³-hybridized carbons (Fsp3) is 0.423. The first-order chi connectivity index (χ1) is 25.3. The van der Waals surface area contributed by atoms with Crippen LogP contribution in [0.2, 0.25) is 0 Å². The van der Waals surface area contributed by atoms with Gasteiger partial charge in [-0.2, -0.15) is 0 Å². The van der Waals surface area contributed by atoms with Crippen LogP contribution in [0.4, 0.5) is 0 Å². The van der Waals surface area contributed by atoms with Crippen molar-refractivity contribution in [2.24, 2.45) is 35.5 Å². The predicted octanol–water partition coefficient (Wildman–Crippen LogP) is 13.8. The van der Waals surface area contributed by atoms with Gasteiger partial charge in [-0.1, -0.05) is 111 Å². The van der Waals surface area contributed by atoms with Crippen molar-refractivity contribution in [3.63, 3.8) is 0 Å². The molecule has 1 heteroatoms. The van der Waals surface area contributed by atoms with Gasteiger partial charge in [0.1, 0.15) is 0 Å². The maximum absolute atomic E-state index is 5.67. The average molecular weight is 715 g/mol. The van der Waals surface area contributed by atoms with Gasteiger partial charge < -0.3 is 0 Å². The molecule has 2 aromatic carbocycles. The molecule has 0 aromatic heterocycles. The summed E-state index contributed by atoms with van der Waals surface area (Å²) in [6.45, 7) is 28.5. The smallest absolute Gasteiger partial charge is 0.0605 e. The molecule has 0 aliphatic heterocycles. The van der Waals surface area contributed by atoms with Crippen molar-refractivity contribution in [3.8, 4) is 11.8 Å². The Kier molecular flexibility index (Phi) is 8.86. The van der Waals surface area contributed by atoms with E-state index in [1.807, 2.05) is 0 Å². The highest BCUT2D eigenvalue weighted by Gasteiger charge is 2.67. The molecule has 2 aromatic rings. The molecule has 8 rings (SSSR count). The lowest BCUT2D eigenvalue weighted by Gasteiger charge is -2.46. The highest BCUT2D eigenvalue weighted by atomic mass is 32.1. The Bertz CT molecular complexity index is 2320. The van der Waals surface area contributed by atoms with Gasteiger partial charge in [-0.25, -0.2) is 0 Å². The third kappa shape index (κ3) is 4.90. The van der Waals surface area contributed by atoms with E-state index < -0.39 is 0 Å². The van der Waals surface area contributed by atoms with E-state index in [1.54, 1.807) is 11.1 Å². The number of hydrogen-bond acceptors (Lipinski definition) is 1. The summed E-state index contributed by atoms with van der Waals surface area (Å²) in [5.41, 5.74) is 25.9. The zero-order valence-electron chi connectivity index (χ0n) is 34.2. The van der Waals surface area contributed by atoms with Crippen LogP contribution in [0.1, 0.15) is 124 Å². The van der Waals surface area contributed by atoms with Crippen LogP contribution in [-0.2, 0) is 11.8 Å². The molecule has 6 aliphatic carbocycles. The summed E-state index contributed by atoms with van der Waals surface area (Å²) < 4.78 is 0. The monoisotopic (exact) mass is 714 g/mol. The van der Waals surface area contributed by atoms with Gasteiger partial charge in [0.25, 0.3) is 0 Å². The lowest BCUT2D eigenvalue weighted by molar-refractivity contribution is 0.280. The summed E-state index contributed by atoms with van der Waals surface area (Å²) in [6, 6.07) is 16.5. The Morgan fingerprint density at radius 3 is 2.13 bits per heavy atom. The van der Waals surface area contributed by atoms with Gasteiger partial charge in [0, 0.05) is 16.9 Å². The predicted molar refractivity (Wildman–Crippen MR) is 231 cm³/mol. The molecule has 7 atom stereocenters. The van der Waals surface area contributed by atoms with Crippen molar-refractivity contribution in [1.82, 2.24) is 0 Å². The SMILES string of the molecule is CCC1C(C)=C(C)C(C)=C2C3=C(C)C(C)=C(C)C#CC3C3(C4=C(S)C(C)C(C)C(C)=C4c4cccc(Cc5ccccc5C5=CC=C(C)CC5C)c43)C21. The highest BCUT2D eigenvalue weighted by molar-refractivity contribution is 7.84. The quantitative estimate of drug-likeness (QED) is 0.237. The van der Waals surface area contributed by atoms with Gasteiger partial charge in [-0.05, 0) is 181 Å². The molecule has 6 aliphatic rings. The fourth-order valence-electron chi connectivity index (χ4n) is 11.7. The first kappa shape index (κ1) is 36.3. The zero-order valence-corrected chi connectivity index (χ0v) is 35.1. The third-order valence-corrected chi connectivity index (χ3v) is 15.8. The molecule has 0 amide bonds. The summed E-state index contributed by atoms with van der Waals surface area (Å²) in [5.74, 6) is 9.89. The molecular formula is C52H58S. The molecular weight excluding hydrogens is 657 g/mol. The number of hydrogen-bond donors (Lipinski definition) is 1. The Labute approximate surface area is 326 Å². The van der Waals surface area contributed by atoms with E-state index in [-0.39, 0.29) is 17.3 Å². The van der Waals surface area contributed by atoms with E-state index in [9.17, 15) is 0 Å². The van der Waals surface area contributed by atoms with Gasteiger partial charge in [0.2, 0.25) is 0 Å². The molecule has 0 saturated heterocycles. The first-order valence-electron chi connectivity index (χ1n) is 20.3. The van der Waals surface area contributed by atoms with Crippen LogP contribution in [0.3, 0.4) is 0 Å². The number of benzene rings is 2. The van der Waals surface area contributed by atoms with Crippen LogP contribution in [-0.4, -0.2) is 0 Å². The maximum atomic E-state index is 5.67. The molecule has 0 heterocycles. The van der Waals surface area contributed by atoms with Crippen molar-refractivity contribution in [2.45, 2.75) is 108 Å². The molecule has 1 fully saturated rings. The normalized spacial score (nSPS) is 30.7. The molecule has 272 valence electrons. The molecule has 0 N–H and O–H groups in total. The Hall–Kier alpha value is -3.73. The van der Waals surface area contributed by atoms with E-state index >= 15 is 0 Å². The van der Waals surface area contributed by atoms with Crippen LogP contribution < -0.4 is 0 Å². The summed E-state index contributed by atoms with van der Waals surface area (Å²) in [4.78, 5) is 1.28. The van der Waals surface area contributed by atoms with Gasteiger partial charge >= 0.3 is 0 Å². The van der Waals surface area contributed by atoms with E-state index in [0.717, 1.165) is 19.3 Å². The van der Waals surface area contributed by atoms with Gasteiger partial charge in [-0.3, -0.25) is 0 Å². The van der Waals surface area contributed by atoms with Gasteiger partial charge in [0.15, 0.2) is 0 Å². The summed E-state index contributed by atoms with van der Waals surface area (Å²) in [7, 11) is 0. The van der Waals surface area contributed by atoms with Crippen LogP contribution in [0.5, 0.6) is 0 Å². The van der Waals surface area contributed by atoms with Crippen LogP contribution in [0, 0.1) is 47.3 Å². The minimum atomic E-state index is -0.353. The lowest BCUT2D eigenvalue weighted by atomic mass is 9.56. The van der Waals surface area contributed by atoms with Crippen LogP contribution in [0.25, 0.3) is 11.1 Å². The Morgan fingerprint density at radius 1 is 0.736 bits per heavy atom. The summed E-state index contributed by atoms with van der Waals surface area (Å²) in [5, 5.41) is 0. The third-order valence-electron chi connectivity index (χ3n) is 15.2. The van der Waals surface area contributed by atoms with Crippen molar-refractivity contribution in [1.29, 1.82) is 0 Å². The zero-order chi connectivity index (χ0) is 37.8. The van der Waals surface area contributed by atoms with Crippen molar-refractivity contribution in [2.75, 3.05) is 0 Å². The van der Waals surface area contributed by atoms with Crippen LogP contribution in [0.15, 0.2) is 121 Å². The van der Waals surface area contributed by atoms with E-state index in [0.29, 0.717) is 23.7 Å². The molecule has 1 spiro atoms. The standard InChI is InChI=1S/C52H58S/c1-13-40-33(8)31(6)36(11)47-46-34(9)30(5)28(3)22-24-44(46)52(49(40)47)48-39(18-16-20-43(48)45-35(10)32(7)37(12)51(53)50(45)52)26-38-17-14-15-19-42(38)41-23-21-27(2)25-29(41)4/h14-21,23,29,32,37,40,44,49,53H,13,25-26H2,1-12H3. The van der Waals surface area contributed by atoms with E-state index in [1.165, 1.54) is 94.0 Å². The van der Waals surface area contributed by atoms with Gasteiger partial charge in [-0.15, -0.1) is 12.6 Å². The first-order valence-corrected chi connectivity index (χ1v) is 20.7. The van der Waals surface area contributed by atoms with Gasteiger partial charge in [0.05, 0.1) is 5.92 Å². The molecule has 0 bridgehead atoms. The molecule has 0 nitrogen and oxygen atoms in total. The average Bonchev–Trinajstić information content (AvgIpc) is 3.58.